The van der Waals surface area contributed by atoms with Crippen molar-refractivity contribution in [1.29, 1.82) is 0 Å². The number of alkyl halides is 2. The summed E-state index contributed by atoms with van der Waals surface area (Å²) in [4.78, 5) is 0. The Morgan fingerprint density at radius 2 is 2.14 bits per heavy atom. The molecule has 0 saturated heterocycles. The fraction of sp³-hybridized carbons (Fsp3) is 0.417. The van der Waals surface area contributed by atoms with Crippen molar-refractivity contribution in [1.82, 2.24) is 20.2 Å². The fourth-order valence-electron chi connectivity index (χ4n) is 1.83. The van der Waals surface area contributed by atoms with E-state index >= 15 is 0 Å². The number of ether oxygens (including phenoxy) is 1. The Bertz CT molecular complexity index is 617. The first kappa shape index (κ1) is 15.2. The second-order valence-corrected chi connectivity index (χ2v) is 4.39. The number of aryl methyl sites for hydroxylation is 1. The molecule has 0 fully saturated rings. The lowest BCUT2D eigenvalue weighted by molar-refractivity contribution is 0.0140. The van der Waals surface area contributed by atoms with Crippen molar-refractivity contribution < 1.29 is 17.9 Å². The van der Waals surface area contributed by atoms with E-state index in [2.05, 4.69) is 15.5 Å². The number of nitrogen functional groups attached to an aromatic ring is 1. The van der Waals surface area contributed by atoms with Crippen LogP contribution in [0, 0.1) is 12.7 Å². The highest BCUT2D eigenvalue weighted by Crippen LogP contribution is 2.25. The maximum absolute atomic E-state index is 14.1. The number of hydrogen-bond donors (Lipinski definition) is 1. The number of tetrazole rings is 1. The SMILES string of the molecule is Cc1cc(N)cc(-c2nnnn2CCOCC(F)F)c1F. The van der Waals surface area contributed by atoms with Crippen LogP contribution in [-0.2, 0) is 11.3 Å². The van der Waals surface area contributed by atoms with Crippen molar-refractivity contribution in [2.45, 2.75) is 19.9 Å². The van der Waals surface area contributed by atoms with E-state index in [1.165, 1.54) is 16.8 Å². The second-order valence-electron chi connectivity index (χ2n) is 4.39. The van der Waals surface area contributed by atoms with Crippen LogP contribution < -0.4 is 5.73 Å². The van der Waals surface area contributed by atoms with Crippen LogP contribution in [0.3, 0.4) is 0 Å². The molecule has 0 bridgehead atoms. The van der Waals surface area contributed by atoms with Gasteiger partial charge < -0.3 is 10.5 Å². The van der Waals surface area contributed by atoms with Crippen molar-refractivity contribution in [3.63, 3.8) is 0 Å². The summed E-state index contributed by atoms with van der Waals surface area (Å²) >= 11 is 0. The van der Waals surface area contributed by atoms with Crippen LogP contribution >= 0.6 is 0 Å². The predicted octanol–water partition coefficient (Wildman–Crippen LogP) is 1.65. The van der Waals surface area contributed by atoms with Crippen molar-refractivity contribution >= 4 is 5.69 Å². The highest BCUT2D eigenvalue weighted by atomic mass is 19.3. The first-order chi connectivity index (χ1) is 9.99. The minimum atomic E-state index is -2.53. The standard InChI is InChI=1S/C12H14F3N5O/c1-7-4-8(16)5-9(11(7)15)12-17-18-19-20(12)2-3-21-6-10(13)14/h4-5,10H,2-3,6,16H2,1H3. The summed E-state index contributed by atoms with van der Waals surface area (Å²) < 4.78 is 44.1. The van der Waals surface area contributed by atoms with Gasteiger partial charge in [0, 0.05) is 5.69 Å². The molecule has 0 aliphatic rings. The maximum Gasteiger partial charge on any atom is 0.261 e. The third kappa shape index (κ3) is 3.69. The van der Waals surface area contributed by atoms with Crippen molar-refractivity contribution in [3.05, 3.63) is 23.5 Å². The molecule has 1 aromatic heterocycles. The summed E-state index contributed by atoms with van der Waals surface area (Å²) in [5.41, 5.74) is 6.60. The highest BCUT2D eigenvalue weighted by molar-refractivity contribution is 5.63. The van der Waals surface area contributed by atoms with Gasteiger partial charge in [-0.25, -0.2) is 17.9 Å². The first-order valence-corrected chi connectivity index (χ1v) is 6.17. The third-order valence-electron chi connectivity index (χ3n) is 2.74. The van der Waals surface area contributed by atoms with Gasteiger partial charge in [0.15, 0.2) is 5.82 Å². The van der Waals surface area contributed by atoms with Crippen molar-refractivity contribution in [2.75, 3.05) is 18.9 Å². The molecular weight excluding hydrogens is 287 g/mol. The smallest absolute Gasteiger partial charge is 0.261 e. The van der Waals surface area contributed by atoms with Crippen molar-refractivity contribution in [3.8, 4) is 11.4 Å². The molecule has 2 rings (SSSR count). The zero-order valence-corrected chi connectivity index (χ0v) is 11.3. The Kier molecular flexibility index (Phi) is 4.73. The molecule has 0 unspecified atom stereocenters. The number of halogens is 3. The normalized spacial score (nSPS) is 11.3. The Labute approximate surface area is 118 Å². The molecule has 0 atom stereocenters. The van der Waals surface area contributed by atoms with E-state index in [1.54, 1.807) is 6.92 Å². The van der Waals surface area contributed by atoms with E-state index in [9.17, 15) is 13.2 Å². The summed E-state index contributed by atoms with van der Waals surface area (Å²) in [6.45, 7) is 1.03. The van der Waals surface area contributed by atoms with Gasteiger partial charge in [0.05, 0.1) is 18.7 Å². The molecule has 0 spiro atoms. The summed E-state index contributed by atoms with van der Waals surface area (Å²) in [5, 5.41) is 10.9. The van der Waals surface area contributed by atoms with Crippen LogP contribution in [0.25, 0.3) is 11.4 Å². The number of benzene rings is 1. The molecule has 0 aliphatic carbocycles. The van der Waals surface area contributed by atoms with E-state index in [1.807, 2.05) is 0 Å². The highest BCUT2D eigenvalue weighted by Gasteiger charge is 2.16. The summed E-state index contributed by atoms with van der Waals surface area (Å²) in [7, 11) is 0. The topological polar surface area (TPSA) is 78.9 Å². The van der Waals surface area contributed by atoms with Gasteiger partial charge in [0.25, 0.3) is 6.43 Å². The second kappa shape index (κ2) is 6.53. The average molecular weight is 301 g/mol. The largest absolute Gasteiger partial charge is 0.399 e. The predicted molar refractivity (Wildman–Crippen MR) is 69.2 cm³/mol. The molecule has 1 aromatic carbocycles. The number of anilines is 1. The molecule has 21 heavy (non-hydrogen) atoms. The first-order valence-electron chi connectivity index (χ1n) is 6.17. The number of nitrogens with two attached hydrogens (primary N) is 1. The van der Waals surface area contributed by atoms with Gasteiger partial charge in [-0.3, -0.25) is 0 Å². The average Bonchev–Trinajstić information content (AvgIpc) is 2.87. The van der Waals surface area contributed by atoms with Crippen LogP contribution in [0.1, 0.15) is 5.56 Å². The van der Waals surface area contributed by atoms with E-state index < -0.39 is 18.8 Å². The van der Waals surface area contributed by atoms with Gasteiger partial charge in [0.1, 0.15) is 12.4 Å². The minimum Gasteiger partial charge on any atom is -0.399 e. The monoisotopic (exact) mass is 301 g/mol. The minimum absolute atomic E-state index is 0.00863. The lowest BCUT2D eigenvalue weighted by Crippen LogP contribution is -2.13. The third-order valence-corrected chi connectivity index (χ3v) is 2.74. The van der Waals surface area contributed by atoms with Crippen LogP contribution in [0.2, 0.25) is 0 Å². The Balaban J connectivity index is 2.17. The molecule has 6 nitrogen and oxygen atoms in total. The van der Waals surface area contributed by atoms with Gasteiger partial charge in [-0.15, -0.1) is 5.10 Å². The van der Waals surface area contributed by atoms with Crippen molar-refractivity contribution in [2.24, 2.45) is 0 Å². The molecule has 9 heteroatoms. The van der Waals surface area contributed by atoms with E-state index in [0.717, 1.165) is 0 Å². The molecule has 2 aromatic rings. The van der Waals surface area contributed by atoms with E-state index in [4.69, 9.17) is 10.5 Å². The summed E-state index contributed by atoms with van der Waals surface area (Å²) in [5.74, 6) is -0.308. The molecule has 0 radical (unpaired) electrons. The van der Waals surface area contributed by atoms with Crippen LogP contribution in [0.5, 0.6) is 0 Å². The van der Waals surface area contributed by atoms with Crippen LogP contribution in [-0.4, -0.2) is 39.8 Å². The maximum atomic E-state index is 14.1. The zero-order valence-electron chi connectivity index (χ0n) is 11.3. The van der Waals surface area contributed by atoms with E-state index in [-0.39, 0.29) is 24.5 Å². The quantitative estimate of drug-likeness (QED) is 0.648. The lowest BCUT2D eigenvalue weighted by atomic mass is 10.1. The van der Waals surface area contributed by atoms with Gasteiger partial charge in [0.2, 0.25) is 0 Å². The summed E-state index contributed by atoms with van der Waals surface area (Å²) in [6.07, 6.45) is -2.53. The zero-order chi connectivity index (χ0) is 15.4. The lowest BCUT2D eigenvalue weighted by Gasteiger charge is -2.08. The molecule has 114 valence electrons. The van der Waals surface area contributed by atoms with Crippen LogP contribution in [0.15, 0.2) is 12.1 Å². The Morgan fingerprint density at radius 1 is 1.38 bits per heavy atom. The number of aromatic nitrogens is 4. The van der Waals surface area contributed by atoms with Gasteiger partial charge in [-0.1, -0.05) is 0 Å². The van der Waals surface area contributed by atoms with E-state index in [0.29, 0.717) is 11.3 Å². The number of nitrogens with zero attached hydrogens (tertiary/aromatic N) is 4. The molecular formula is C12H14F3N5O. The molecule has 0 aliphatic heterocycles. The molecule has 0 amide bonds. The summed E-state index contributed by atoms with van der Waals surface area (Å²) in [6, 6.07) is 2.92. The number of rotatable bonds is 6. The number of hydrogen-bond acceptors (Lipinski definition) is 5. The van der Waals surface area contributed by atoms with Gasteiger partial charge >= 0.3 is 0 Å². The molecule has 0 saturated carbocycles. The Hall–Kier alpha value is -2.16. The van der Waals surface area contributed by atoms with Gasteiger partial charge in [-0.05, 0) is 35.0 Å². The molecule has 1 heterocycles. The van der Waals surface area contributed by atoms with Gasteiger partial charge in [-0.2, -0.15) is 0 Å². The Morgan fingerprint density at radius 3 is 2.86 bits per heavy atom. The molecule has 2 N–H and O–H groups in total. The van der Waals surface area contributed by atoms with Crippen LogP contribution in [0.4, 0.5) is 18.9 Å². The fourth-order valence-corrected chi connectivity index (χ4v) is 1.83.